The molecule has 0 heterocycles. The molecule has 5 atom stereocenters. The normalized spacial score (nSPS) is 29.4. The van der Waals surface area contributed by atoms with E-state index in [1.54, 1.807) is 0 Å². The summed E-state index contributed by atoms with van der Waals surface area (Å²) >= 11 is 0. The predicted octanol–water partition coefficient (Wildman–Crippen LogP) is 3.96. The molecule has 8 heteroatoms. The minimum Gasteiger partial charge on any atom is -0.459 e. The minimum absolute atomic E-state index is 0.00752. The molecule has 0 aliphatic heterocycles. The van der Waals surface area contributed by atoms with Gasteiger partial charge in [0.25, 0.3) is 0 Å². The lowest BCUT2D eigenvalue weighted by atomic mass is 9.55. The first-order chi connectivity index (χ1) is 16.7. The molecule has 3 aliphatic carbocycles. The Labute approximate surface area is 206 Å². The van der Waals surface area contributed by atoms with E-state index in [2.05, 4.69) is 31.2 Å². The van der Waals surface area contributed by atoms with Crippen molar-refractivity contribution >= 4 is 22.0 Å². The zero-order valence-electron chi connectivity index (χ0n) is 19.8. The van der Waals surface area contributed by atoms with Crippen molar-refractivity contribution in [1.29, 1.82) is 0 Å². The summed E-state index contributed by atoms with van der Waals surface area (Å²) in [5.74, 6) is 0.321. The van der Waals surface area contributed by atoms with E-state index in [4.69, 9.17) is 14.6 Å². The summed E-state index contributed by atoms with van der Waals surface area (Å²) in [6.45, 7) is 1.74. The van der Waals surface area contributed by atoms with Gasteiger partial charge in [-0.05, 0) is 85.6 Å². The standard InChI is InChI=1S/C27H31NO6S/c1-27-14-13-21-20-8-3-2-5-17(20)9-10-22(21)23(27)11-12-24(27)34-25(29)16-33-26(30)18-6-4-7-19(15-18)35(28,31)32/h2-8,15,21-24H,9-14,16H2,1H3,(H2,28,31,32)/t21?,22?,23?,24-,27-/m0/s1. The molecule has 35 heavy (non-hydrogen) atoms. The second-order valence-corrected chi connectivity index (χ2v) is 11.9. The van der Waals surface area contributed by atoms with Gasteiger partial charge in [0.2, 0.25) is 10.0 Å². The van der Waals surface area contributed by atoms with Gasteiger partial charge in [-0.25, -0.2) is 23.1 Å². The van der Waals surface area contributed by atoms with Crippen LogP contribution in [-0.2, 0) is 30.7 Å². The SMILES string of the molecule is C[C@]12CCC3c4ccccc4CCC3C1CC[C@@H]2OC(=O)COC(=O)c1cccc(S(N)(=O)=O)c1. The van der Waals surface area contributed by atoms with Crippen LogP contribution in [0.5, 0.6) is 0 Å². The Balaban J connectivity index is 1.21. The number of hydrogen-bond donors (Lipinski definition) is 1. The van der Waals surface area contributed by atoms with Crippen molar-refractivity contribution in [3.05, 3.63) is 65.2 Å². The molecule has 2 saturated carbocycles. The molecule has 2 aromatic rings. The molecule has 0 aromatic heterocycles. The molecule has 0 saturated heterocycles. The summed E-state index contributed by atoms with van der Waals surface area (Å²) in [4.78, 5) is 24.8. The number of carbonyl (C=O) groups excluding carboxylic acids is 2. The lowest BCUT2D eigenvalue weighted by Gasteiger charge is -2.50. The number of aryl methyl sites for hydroxylation is 1. The van der Waals surface area contributed by atoms with Crippen molar-refractivity contribution in [2.75, 3.05) is 6.61 Å². The van der Waals surface area contributed by atoms with Gasteiger partial charge in [0.1, 0.15) is 6.10 Å². The maximum atomic E-state index is 12.6. The largest absolute Gasteiger partial charge is 0.459 e. The Bertz CT molecular complexity index is 1260. The number of fused-ring (bicyclic) bond motifs is 5. The third kappa shape index (κ3) is 4.49. The van der Waals surface area contributed by atoms with Crippen molar-refractivity contribution in [3.63, 3.8) is 0 Å². The molecule has 2 aromatic carbocycles. The number of carbonyl (C=O) groups is 2. The van der Waals surface area contributed by atoms with Crippen molar-refractivity contribution in [3.8, 4) is 0 Å². The summed E-state index contributed by atoms with van der Waals surface area (Å²) in [6.07, 6.45) is 6.06. The molecule has 0 radical (unpaired) electrons. The van der Waals surface area contributed by atoms with Gasteiger partial charge in [0.05, 0.1) is 10.5 Å². The molecule has 2 fully saturated rings. The average Bonchev–Trinajstić information content (AvgIpc) is 3.18. The Morgan fingerprint density at radius 2 is 1.86 bits per heavy atom. The summed E-state index contributed by atoms with van der Waals surface area (Å²) in [7, 11) is -3.95. The van der Waals surface area contributed by atoms with Crippen LogP contribution < -0.4 is 5.14 Å². The molecule has 0 amide bonds. The topological polar surface area (TPSA) is 113 Å². The highest BCUT2D eigenvalue weighted by Gasteiger charge is 2.56. The highest BCUT2D eigenvalue weighted by molar-refractivity contribution is 7.89. The number of sulfonamides is 1. The lowest BCUT2D eigenvalue weighted by molar-refractivity contribution is -0.161. The Morgan fingerprint density at radius 3 is 2.66 bits per heavy atom. The van der Waals surface area contributed by atoms with Crippen LogP contribution in [0, 0.1) is 17.3 Å². The summed E-state index contributed by atoms with van der Waals surface area (Å²) in [5, 5.41) is 5.12. The van der Waals surface area contributed by atoms with Crippen LogP contribution >= 0.6 is 0 Å². The van der Waals surface area contributed by atoms with Crippen molar-refractivity contribution < 1.29 is 27.5 Å². The molecule has 2 N–H and O–H groups in total. The van der Waals surface area contributed by atoms with Crippen LogP contribution in [0.3, 0.4) is 0 Å². The summed E-state index contributed by atoms with van der Waals surface area (Å²) in [5.41, 5.74) is 2.92. The van der Waals surface area contributed by atoms with E-state index in [9.17, 15) is 18.0 Å². The second-order valence-electron chi connectivity index (χ2n) is 10.4. The fraction of sp³-hybridized carbons (Fsp3) is 0.481. The minimum atomic E-state index is -3.95. The molecule has 7 nitrogen and oxygen atoms in total. The number of hydrogen-bond acceptors (Lipinski definition) is 6. The summed E-state index contributed by atoms with van der Waals surface area (Å²) in [6, 6.07) is 14.0. The third-order valence-corrected chi connectivity index (χ3v) is 9.46. The highest BCUT2D eigenvalue weighted by atomic mass is 32.2. The molecule has 3 unspecified atom stereocenters. The quantitative estimate of drug-likeness (QED) is 0.626. The first kappa shape index (κ1) is 24.0. The Hall–Kier alpha value is -2.71. The maximum Gasteiger partial charge on any atom is 0.344 e. The maximum absolute atomic E-state index is 12.6. The van der Waals surface area contributed by atoms with E-state index in [1.807, 2.05) is 0 Å². The van der Waals surface area contributed by atoms with Crippen LogP contribution in [0.15, 0.2) is 53.4 Å². The van der Waals surface area contributed by atoms with E-state index < -0.39 is 28.6 Å². The van der Waals surface area contributed by atoms with Crippen LogP contribution in [-0.4, -0.2) is 33.1 Å². The van der Waals surface area contributed by atoms with Gasteiger partial charge in [-0.15, -0.1) is 0 Å². The number of primary sulfonamides is 1. The number of benzene rings is 2. The molecule has 5 rings (SSSR count). The first-order valence-electron chi connectivity index (χ1n) is 12.2. The summed E-state index contributed by atoms with van der Waals surface area (Å²) < 4.78 is 34.0. The van der Waals surface area contributed by atoms with Gasteiger partial charge in [0, 0.05) is 5.41 Å². The van der Waals surface area contributed by atoms with Crippen LogP contribution in [0.25, 0.3) is 0 Å². The smallest absolute Gasteiger partial charge is 0.344 e. The van der Waals surface area contributed by atoms with Crippen LogP contribution in [0.4, 0.5) is 0 Å². The molecule has 0 bridgehead atoms. The molecule has 0 spiro atoms. The number of ether oxygens (including phenoxy) is 2. The fourth-order valence-corrected chi connectivity index (χ4v) is 7.43. The van der Waals surface area contributed by atoms with Gasteiger partial charge in [0.15, 0.2) is 6.61 Å². The lowest BCUT2D eigenvalue weighted by Crippen LogP contribution is -2.45. The number of rotatable bonds is 5. The van der Waals surface area contributed by atoms with Crippen LogP contribution in [0.1, 0.15) is 66.4 Å². The Kier molecular flexibility index (Phi) is 6.21. The molecular weight excluding hydrogens is 466 g/mol. The van der Waals surface area contributed by atoms with Crippen molar-refractivity contribution in [1.82, 2.24) is 0 Å². The molecule has 186 valence electrons. The second kappa shape index (κ2) is 9.06. The van der Waals surface area contributed by atoms with Gasteiger partial charge < -0.3 is 9.47 Å². The van der Waals surface area contributed by atoms with E-state index in [-0.39, 0.29) is 22.0 Å². The van der Waals surface area contributed by atoms with E-state index in [0.717, 1.165) is 38.2 Å². The van der Waals surface area contributed by atoms with Gasteiger partial charge in [-0.2, -0.15) is 0 Å². The predicted molar refractivity (Wildman–Crippen MR) is 129 cm³/mol. The molecule has 3 aliphatic rings. The van der Waals surface area contributed by atoms with E-state index >= 15 is 0 Å². The average molecular weight is 498 g/mol. The first-order valence-corrected chi connectivity index (χ1v) is 13.8. The third-order valence-electron chi connectivity index (χ3n) is 8.54. The zero-order chi connectivity index (χ0) is 24.8. The zero-order valence-corrected chi connectivity index (χ0v) is 20.6. The number of esters is 2. The van der Waals surface area contributed by atoms with E-state index in [0.29, 0.717) is 17.8 Å². The highest BCUT2D eigenvalue weighted by Crippen LogP contribution is 2.61. The van der Waals surface area contributed by atoms with Gasteiger partial charge in [-0.3, -0.25) is 0 Å². The van der Waals surface area contributed by atoms with Gasteiger partial charge >= 0.3 is 11.9 Å². The molecular formula is C27H31NO6S. The fourth-order valence-electron chi connectivity index (χ4n) is 6.87. The Morgan fingerprint density at radius 1 is 1.06 bits per heavy atom. The van der Waals surface area contributed by atoms with Crippen molar-refractivity contribution in [2.45, 2.75) is 62.4 Å². The van der Waals surface area contributed by atoms with Crippen LogP contribution in [0.2, 0.25) is 0 Å². The van der Waals surface area contributed by atoms with Gasteiger partial charge in [-0.1, -0.05) is 37.3 Å². The van der Waals surface area contributed by atoms with Crippen molar-refractivity contribution in [2.24, 2.45) is 22.4 Å². The number of nitrogens with two attached hydrogens (primary N) is 1. The van der Waals surface area contributed by atoms with E-state index in [1.165, 1.54) is 35.7 Å². The monoisotopic (exact) mass is 497 g/mol.